The standard InChI is InChI=1S/C9H16N2O2.C9H18N2/c1-6(2)11-5-7(12)10-8(13)9(11)3-4-9;1-5-11(8(2)3)9(4)6-7-10/h6-7,12H,3-5H2,1-2H3,(H,10,13);8-9H,5-6H2,1-4H3. The zero-order chi connectivity index (χ0) is 18.5. The molecule has 6 heteroatoms. The van der Waals surface area contributed by atoms with Gasteiger partial charge in [-0.3, -0.25) is 14.6 Å². The molecule has 2 atom stereocenters. The van der Waals surface area contributed by atoms with Gasteiger partial charge < -0.3 is 10.4 Å². The Labute approximate surface area is 146 Å². The van der Waals surface area contributed by atoms with E-state index in [1.54, 1.807) is 0 Å². The lowest BCUT2D eigenvalue weighted by atomic mass is 10.1. The van der Waals surface area contributed by atoms with Gasteiger partial charge in [-0.1, -0.05) is 6.92 Å². The maximum absolute atomic E-state index is 11.6. The number of aliphatic hydroxyl groups is 1. The molecule has 2 aliphatic rings. The Morgan fingerprint density at radius 1 is 1.38 bits per heavy atom. The molecule has 2 unspecified atom stereocenters. The molecule has 0 bridgehead atoms. The van der Waals surface area contributed by atoms with Gasteiger partial charge in [0.25, 0.3) is 0 Å². The first-order valence-corrected chi connectivity index (χ1v) is 9.08. The second kappa shape index (κ2) is 8.80. The van der Waals surface area contributed by atoms with Gasteiger partial charge >= 0.3 is 0 Å². The molecule has 1 spiro atoms. The van der Waals surface area contributed by atoms with Crippen LogP contribution < -0.4 is 5.32 Å². The van der Waals surface area contributed by atoms with Crippen LogP contribution in [-0.4, -0.2) is 63.8 Å². The fourth-order valence-electron chi connectivity index (χ4n) is 3.60. The number of β-amino-alcohol motifs (C(OH)–C–C–N with tert-alkyl or cyclic N) is 1. The van der Waals surface area contributed by atoms with E-state index in [9.17, 15) is 9.90 Å². The van der Waals surface area contributed by atoms with Crippen molar-refractivity contribution in [3.63, 3.8) is 0 Å². The lowest BCUT2D eigenvalue weighted by Crippen LogP contribution is -2.63. The van der Waals surface area contributed by atoms with Crippen molar-refractivity contribution in [1.82, 2.24) is 15.1 Å². The summed E-state index contributed by atoms with van der Waals surface area (Å²) >= 11 is 0. The summed E-state index contributed by atoms with van der Waals surface area (Å²) < 4.78 is 0. The first-order valence-electron chi connectivity index (χ1n) is 9.08. The summed E-state index contributed by atoms with van der Waals surface area (Å²) in [5.41, 5.74) is -0.270. The van der Waals surface area contributed by atoms with Gasteiger partial charge in [-0.2, -0.15) is 5.26 Å². The lowest BCUT2D eigenvalue weighted by molar-refractivity contribution is -0.139. The molecule has 1 aliphatic heterocycles. The van der Waals surface area contributed by atoms with E-state index in [0.717, 1.165) is 19.4 Å². The normalized spacial score (nSPS) is 23.7. The number of amides is 1. The molecule has 138 valence electrons. The van der Waals surface area contributed by atoms with Crippen LogP contribution in [0.5, 0.6) is 0 Å². The van der Waals surface area contributed by atoms with E-state index in [0.29, 0.717) is 31.1 Å². The topological polar surface area (TPSA) is 79.6 Å². The molecule has 1 saturated carbocycles. The van der Waals surface area contributed by atoms with Gasteiger partial charge in [-0.15, -0.1) is 0 Å². The quantitative estimate of drug-likeness (QED) is 0.797. The third-order valence-electron chi connectivity index (χ3n) is 4.97. The Morgan fingerprint density at radius 3 is 2.33 bits per heavy atom. The van der Waals surface area contributed by atoms with Crippen molar-refractivity contribution >= 4 is 5.91 Å². The number of nitrogens with one attached hydrogen (secondary N) is 1. The summed E-state index contributed by atoms with van der Waals surface area (Å²) in [6.45, 7) is 14.3. The van der Waals surface area contributed by atoms with Crippen molar-refractivity contribution < 1.29 is 9.90 Å². The van der Waals surface area contributed by atoms with Crippen LogP contribution in [0, 0.1) is 11.3 Å². The fraction of sp³-hybridized carbons (Fsp3) is 0.889. The number of nitriles is 1. The number of hydrogen-bond donors (Lipinski definition) is 2. The van der Waals surface area contributed by atoms with Crippen LogP contribution in [0.2, 0.25) is 0 Å². The Hall–Kier alpha value is -1.16. The summed E-state index contributed by atoms with van der Waals surface area (Å²) in [6.07, 6.45) is 1.81. The number of carbonyl (C=O) groups is 1. The van der Waals surface area contributed by atoms with Crippen LogP contribution in [-0.2, 0) is 4.79 Å². The Balaban J connectivity index is 0.000000245. The number of hydrogen-bond acceptors (Lipinski definition) is 5. The second-order valence-corrected chi connectivity index (χ2v) is 7.40. The highest BCUT2D eigenvalue weighted by atomic mass is 16.3. The molecular formula is C18H34N4O2. The molecule has 24 heavy (non-hydrogen) atoms. The molecule has 0 aromatic carbocycles. The zero-order valence-electron chi connectivity index (χ0n) is 16.0. The number of piperazine rings is 1. The van der Waals surface area contributed by atoms with E-state index in [1.807, 2.05) is 0 Å². The fourth-order valence-corrected chi connectivity index (χ4v) is 3.60. The summed E-state index contributed by atoms with van der Waals surface area (Å²) in [5.74, 6) is -0.0000463. The minimum atomic E-state index is -0.693. The van der Waals surface area contributed by atoms with Crippen LogP contribution in [0.25, 0.3) is 0 Å². The Kier molecular flexibility index (Phi) is 7.65. The molecule has 0 aromatic heterocycles. The van der Waals surface area contributed by atoms with Gasteiger partial charge in [0.1, 0.15) is 11.8 Å². The third-order valence-corrected chi connectivity index (χ3v) is 4.97. The molecular weight excluding hydrogens is 304 g/mol. The van der Waals surface area contributed by atoms with Crippen molar-refractivity contribution in [1.29, 1.82) is 5.26 Å². The molecule has 6 nitrogen and oxygen atoms in total. The summed E-state index contributed by atoms with van der Waals surface area (Å²) in [4.78, 5) is 16.0. The average molecular weight is 338 g/mol. The minimum absolute atomic E-state index is 0.0000463. The van der Waals surface area contributed by atoms with E-state index in [1.165, 1.54) is 0 Å². The van der Waals surface area contributed by atoms with E-state index in [4.69, 9.17) is 5.26 Å². The maximum Gasteiger partial charge on any atom is 0.242 e. The average Bonchev–Trinajstić information content (AvgIpc) is 3.26. The number of nitrogens with zero attached hydrogens (tertiary/aromatic N) is 3. The van der Waals surface area contributed by atoms with E-state index >= 15 is 0 Å². The smallest absolute Gasteiger partial charge is 0.242 e. The predicted octanol–water partition coefficient (Wildman–Crippen LogP) is 1.70. The Bertz CT molecular complexity index is 454. The van der Waals surface area contributed by atoms with Crippen molar-refractivity contribution in [2.24, 2.45) is 0 Å². The molecule has 2 N–H and O–H groups in total. The molecule has 0 radical (unpaired) electrons. The number of aliphatic hydroxyl groups excluding tert-OH is 1. The zero-order valence-corrected chi connectivity index (χ0v) is 16.0. The Morgan fingerprint density at radius 2 is 1.96 bits per heavy atom. The van der Waals surface area contributed by atoms with E-state index in [-0.39, 0.29) is 11.4 Å². The minimum Gasteiger partial charge on any atom is -0.372 e. The van der Waals surface area contributed by atoms with Gasteiger partial charge in [-0.05, 0) is 54.0 Å². The van der Waals surface area contributed by atoms with Crippen molar-refractivity contribution in [3.8, 4) is 6.07 Å². The summed E-state index contributed by atoms with van der Waals surface area (Å²) in [7, 11) is 0. The first-order chi connectivity index (χ1) is 11.2. The van der Waals surface area contributed by atoms with Crippen LogP contribution in [0.15, 0.2) is 0 Å². The highest BCUT2D eigenvalue weighted by molar-refractivity contribution is 5.90. The summed E-state index contributed by atoms with van der Waals surface area (Å²) in [5, 5.41) is 20.5. The van der Waals surface area contributed by atoms with Gasteiger partial charge in [0.15, 0.2) is 0 Å². The maximum atomic E-state index is 11.6. The second-order valence-electron chi connectivity index (χ2n) is 7.40. The van der Waals surface area contributed by atoms with Gasteiger partial charge in [-0.25, -0.2) is 0 Å². The number of carbonyl (C=O) groups excluding carboxylic acids is 1. The van der Waals surface area contributed by atoms with Gasteiger partial charge in [0.05, 0.1) is 12.5 Å². The predicted molar refractivity (Wildman–Crippen MR) is 95.2 cm³/mol. The van der Waals surface area contributed by atoms with E-state index < -0.39 is 6.23 Å². The van der Waals surface area contributed by atoms with Crippen molar-refractivity contribution in [3.05, 3.63) is 0 Å². The molecule has 1 heterocycles. The molecule has 1 aliphatic carbocycles. The highest BCUT2D eigenvalue weighted by Gasteiger charge is 2.58. The molecule has 0 aromatic rings. The SMILES string of the molecule is CC(C)N1CC(O)NC(=O)C12CC2.CCN(C(C)C)C(C)CC#N. The highest BCUT2D eigenvalue weighted by Crippen LogP contribution is 2.44. The van der Waals surface area contributed by atoms with Crippen LogP contribution in [0.4, 0.5) is 0 Å². The van der Waals surface area contributed by atoms with E-state index in [2.05, 4.69) is 62.7 Å². The molecule has 1 saturated heterocycles. The van der Waals surface area contributed by atoms with Gasteiger partial charge in [0.2, 0.25) is 5.91 Å². The van der Waals surface area contributed by atoms with Crippen molar-refractivity contribution in [2.45, 2.75) is 90.7 Å². The van der Waals surface area contributed by atoms with Crippen LogP contribution in [0.1, 0.15) is 60.8 Å². The third kappa shape index (κ3) is 4.92. The number of rotatable bonds is 5. The van der Waals surface area contributed by atoms with Crippen molar-refractivity contribution in [2.75, 3.05) is 13.1 Å². The van der Waals surface area contributed by atoms with Gasteiger partial charge in [0, 0.05) is 24.7 Å². The molecule has 1 amide bonds. The van der Waals surface area contributed by atoms with Crippen LogP contribution >= 0.6 is 0 Å². The molecule has 2 rings (SSSR count). The lowest BCUT2D eigenvalue weighted by Gasteiger charge is -2.40. The van der Waals surface area contributed by atoms with Crippen LogP contribution in [0.3, 0.4) is 0 Å². The first kappa shape index (κ1) is 20.9. The largest absolute Gasteiger partial charge is 0.372 e. The molecule has 2 fully saturated rings. The monoisotopic (exact) mass is 338 g/mol. The summed E-state index contributed by atoms with van der Waals surface area (Å²) in [6, 6.07) is 3.46.